The molecule has 0 radical (unpaired) electrons. The average Bonchev–Trinajstić information content (AvgIpc) is 2.29. The molecule has 0 saturated heterocycles. The second kappa shape index (κ2) is 6.43. The van der Waals surface area contributed by atoms with E-state index in [1.165, 1.54) is 12.1 Å². The molecule has 0 saturated carbocycles. The Morgan fingerprint density at radius 3 is 2.55 bits per heavy atom. The molecule has 0 unspecified atom stereocenters. The maximum atomic E-state index is 12.2. The van der Waals surface area contributed by atoms with Crippen LogP contribution in [0.25, 0.3) is 0 Å². The molecule has 20 heavy (non-hydrogen) atoms. The van der Waals surface area contributed by atoms with E-state index in [0.29, 0.717) is 4.47 Å². The van der Waals surface area contributed by atoms with E-state index in [0.717, 1.165) is 0 Å². The highest BCUT2D eigenvalue weighted by Gasteiger charge is 2.27. The molecule has 2 N–H and O–H groups in total. The Bertz CT molecular complexity index is 616. The molecule has 112 valence electrons. The second-order valence-electron chi connectivity index (χ2n) is 4.96. The predicted octanol–water partition coefficient (Wildman–Crippen LogP) is 3.02. The van der Waals surface area contributed by atoms with Gasteiger partial charge in [0.25, 0.3) is 0 Å². The highest BCUT2D eigenvalue weighted by atomic mass is 79.9. The summed E-state index contributed by atoms with van der Waals surface area (Å²) in [6.07, 6.45) is 0.0719. The maximum absolute atomic E-state index is 12.2. The molecule has 0 fully saturated rings. The quantitative estimate of drug-likeness (QED) is 0.789. The minimum absolute atomic E-state index is 0.0362. The molecule has 0 aromatic heterocycles. The zero-order valence-electron chi connectivity index (χ0n) is 11.0. The number of halogens is 2. The van der Waals surface area contributed by atoms with Crippen LogP contribution in [0.1, 0.15) is 26.7 Å². The first-order chi connectivity index (χ1) is 9.03. The van der Waals surface area contributed by atoms with Crippen molar-refractivity contribution < 1.29 is 18.3 Å². The first-order valence-electron chi connectivity index (χ1n) is 5.74. The van der Waals surface area contributed by atoms with Crippen molar-refractivity contribution in [1.82, 2.24) is 4.72 Å². The lowest BCUT2D eigenvalue weighted by atomic mass is 10.0. The molecule has 1 aromatic rings. The lowest BCUT2D eigenvalue weighted by molar-refractivity contribution is -0.137. The summed E-state index contributed by atoms with van der Waals surface area (Å²) in [7, 11) is -3.75. The Balaban J connectivity index is 2.93. The average molecular weight is 385 g/mol. The Kier molecular flexibility index (Phi) is 5.60. The highest BCUT2D eigenvalue weighted by Crippen LogP contribution is 2.26. The number of sulfonamides is 1. The van der Waals surface area contributed by atoms with Crippen molar-refractivity contribution in [2.45, 2.75) is 37.1 Å². The fourth-order valence-electron chi connectivity index (χ4n) is 1.54. The largest absolute Gasteiger partial charge is 0.481 e. The number of hydrogen-bond acceptors (Lipinski definition) is 3. The zero-order chi connectivity index (χ0) is 15.6. The van der Waals surface area contributed by atoms with Crippen molar-refractivity contribution in [3.8, 4) is 0 Å². The van der Waals surface area contributed by atoms with E-state index in [1.807, 2.05) is 0 Å². The second-order valence-corrected chi connectivity index (χ2v) is 7.90. The monoisotopic (exact) mass is 383 g/mol. The van der Waals surface area contributed by atoms with Crippen LogP contribution in [0.3, 0.4) is 0 Å². The SMILES string of the molecule is CC(C)(CCC(=O)O)NS(=O)(=O)c1ccc(Br)c(Cl)c1. The highest BCUT2D eigenvalue weighted by molar-refractivity contribution is 9.10. The zero-order valence-corrected chi connectivity index (χ0v) is 14.1. The van der Waals surface area contributed by atoms with Gasteiger partial charge in [-0.05, 0) is 54.4 Å². The van der Waals surface area contributed by atoms with E-state index >= 15 is 0 Å². The number of carboxylic acid groups (broad SMARTS) is 1. The molecule has 0 heterocycles. The standard InChI is InChI=1S/C12H15BrClNO4S/c1-12(2,6-5-11(16)17)15-20(18,19)8-3-4-9(13)10(14)7-8/h3-4,7,15H,5-6H2,1-2H3,(H,16,17). The van der Waals surface area contributed by atoms with Crippen molar-refractivity contribution in [2.75, 3.05) is 0 Å². The third-order valence-corrected chi connectivity index (χ3v) is 5.50. The lowest BCUT2D eigenvalue weighted by Gasteiger charge is -2.25. The van der Waals surface area contributed by atoms with Crippen LogP contribution in [-0.2, 0) is 14.8 Å². The smallest absolute Gasteiger partial charge is 0.303 e. The Labute approximate surface area is 131 Å². The molecular weight excluding hydrogens is 370 g/mol. The van der Waals surface area contributed by atoms with E-state index in [9.17, 15) is 13.2 Å². The van der Waals surface area contributed by atoms with Gasteiger partial charge in [0.05, 0.1) is 9.92 Å². The number of rotatable bonds is 6. The first-order valence-corrected chi connectivity index (χ1v) is 8.40. The molecule has 0 aliphatic heterocycles. The molecule has 0 spiro atoms. The van der Waals surface area contributed by atoms with Gasteiger partial charge in [-0.1, -0.05) is 11.6 Å². The fraction of sp³-hybridized carbons (Fsp3) is 0.417. The first kappa shape index (κ1) is 17.4. The molecule has 1 rings (SSSR count). The van der Waals surface area contributed by atoms with Crippen LogP contribution in [0, 0.1) is 0 Å². The van der Waals surface area contributed by atoms with Gasteiger partial charge in [-0.15, -0.1) is 0 Å². The van der Waals surface area contributed by atoms with E-state index in [-0.39, 0.29) is 22.8 Å². The summed E-state index contributed by atoms with van der Waals surface area (Å²) in [6.45, 7) is 3.27. The molecule has 0 bridgehead atoms. The molecule has 1 aromatic carbocycles. The van der Waals surface area contributed by atoms with E-state index in [1.54, 1.807) is 19.9 Å². The van der Waals surface area contributed by atoms with Gasteiger partial charge < -0.3 is 5.11 Å². The van der Waals surface area contributed by atoms with Crippen LogP contribution in [-0.4, -0.2) is 25.0 Å². The topological polar surface area (TPSA) is 83.5 Å². The predicted molar refractivity (Wildman–Crippen MR) is 80.4 cm³/mol. The van der Waals surface area contributed by atoms with Crippen molar-refractivity contribution in [3.63, 3.8) is 0 Å². The van der Waals surface area contributed by atoms with Gasteiger partial charge in [-0.3, -0.25) is 4.79 Å². The van der Waals surface area contributed by atoms with Gasteiger partial charge in [-0.2, -0.15) is 0 Å². The van der Waals surface area contributed by atoms with Crippen molar-refractivity contribution in [1.29, 1.82) is 0 Å². The summed E-state index contributed by atoms with van der Waals surface area (Å²) < 4.78 is 27.5. The third-order valence-electron chi connectivity index (χ3n) is 2.58. The molecule has 0 aliphatic carbocycles. The van der Waals surface area contributed by atoms with E-state index in [2.05, 4.69) is 20.7 Å². The number of carbonyl (C=O) groups is 1. The summed E-state index contributed by atoms with van der Waals surface area (Å²) >= 11 is 9.06. The van der Waals surface area contributed by atoms with Gasteiger partial charge in [0, 0.05) is 16.4 Å². The number of aliphatic carboxylic acids is 1. The molecule has 8 heteroatoms. The van der Waals surface area contributed by atoms with Crippen molar-refractivity contribution in [3.05, 3.63) is 27.7 Å². The van der Waals surface area contributed by atoms with Crippen LogP contribution in [0.15, 0.2) is 27.6 Å². The molecule has 0 amide bonds. The molecule has 5 nitrogen and oxygen atoms in total. The lowest BCUT2D eigenvalue weighted by Crippen LogP contribution is -2.43. The normalized spacial score (nSPS) is 12.4. The summed E-state index contributed by atoms with van der Waals surface area (Å²) in [5.41, 5.74) is -0.864. The summed E-state index contributed by atoms with van der Waals surface area (Å²) in [5, 5.41) is 8.95. The maximum Gasteiger partial charge on any atom is 0.303 e. The summed E-state index contributed by atoms with van der Waals surface area (Å²) in [5.74, 6) is -0.969. The van der Waals surface area contributed by atoms with E-state index in [4.69, 9.17) is 16.7 Å². The minimum atomic E-state index is -3.75. The van der Waals surface area contributed by atoms with Crippen LogP contribution in [0.5, 0.6) is 0 Å². The van der Waals surface area contributed by atoms with Gasteiger partial charge >= 0.3 is 5.97 Å². The van der Waals surface area contributed by atoms with Gasteiger partial charge in [0.15, 0.2) is 0 Å². The Morgan fingerprint density at radius 1 is 1.45 bits per heavy atom. The number of carboxylic acids is 1. The van der Waals surface area contributed by atoms with Gasteiger partial charge in [0.1, 0.15) is 0 Å². The summed E-state index contributed by atoms with van der Waals surface area (Å²) in [4.78, 5) is 10.6. The van der Waals surface area contributed by atoms with E-state index < -0.39 is 21.5 Å². The molecule has 0 atom stereocenters. The van der Waals surface area contributed by atoms with Gasteiger partial charge in [0.2, 0.25) is 10.0 Å². The number of benzene rings is 1. The Morgan fingerprint density at radius 2 is 2.05 bits per heavy atom. The minimum Gasteiger partial charge on any atom is -0.481 e. The fourth-order valence-corrected chi connectivity index (χ4v) is 3.50. The number of hydrogen-bond donors (Lipinski definition) is 2. The van der Waals surface area contributed by atoms with Crippen LogP contribution in [0.2, 0.25) is 5.02 Å². The van der Waals surface area contributed by atoms with Crippen LogP contribution in [0.4, 0.5) is 0 Å². The van der Waals surface area contributed by atoms with Crippen molar-refractivity contribution >= 4 is 43.5 Å². The number of nitrogens with one attached hydrogen (secondary N) is 1. The molecular formula is C12H15BrClNO4S. The van der Waals surface area contributed by atoms with Crippen LogP contribution >= 0.6 is 27.5 Å². The Hall–Kier alpha value is -0.630. The molecule has 0 aliphatic rings. The summed E-state index contributed by atoms with van der Waals surface area (Å²) in [6, 6.07) is 4.30. The third kappa shape index (κ3) is 5.05. The van der Waals surface area contributed by atoms with Crippen LogP contribution < -0.4 is 4.72 Å². The van der Waals surface area contributed by atoms with Crippen molar-refractivity contribution in [2.24, 2.45) is 0 Å². The van der Waals surface area contributed by atoms with Gasteiger partial charge in [-0.25, -0.2) is 13.1 Å².